The molecule has 0 radical (unpaired) electrons. The zero-order valence-corrected chi connectivity index (χ0v) is 11.3. The zero-order valence-electron chi connectivity index (χ0n) is 10.4. The summed E-state index contributed by atoms with van der Waals surface area (Å²) in [4.78, 5) is 4.06. The molecule has 102 valence electrons. The molecule has 0 aromatic carbocycles. The first-order chi connectivity index (χ1) is 8.99. The topological polar surface area (TPSA) is 101 Å². The highest BCUT2D eigenvalue weighted by Crippen LogP contribution is 2.14. The van der Waals surface area contributed by atoms with Crippen LogP contribution in [-0.2, 0) is 16.8 Å². The van der Waals surface area contributed by atoms with Crippen molar-refractivity contribution in [1.29, 1.82) is 0 Å². The Labute approximate surface area is 110 Å². The van der Waals surface area contributed by atoms with Crippen molar-refractivity contribution >= 4 is 10.2 Å². The average Bonchev–Trinajstić information content (AvgIpc) is 2.86. The second kappa shape index (κ2) is 5.43. The maximum Gasteiger partial charge on any atom is 0.279 e. The summed E-state index contributed by atoms with van der Waals surface area (Å²) in [5.74, 6) is 0.422. The molecule has 2 aromatic heterocycles. The first-order valence-electron chi connectivity index (χ1n) is 5.40. The third kappa shape index (κ3) is 3.34. The van der Waals surface area contributed by atoms with Crippen LogP contribution < -0.4 is 4.72 Å². The summed E-state index contributed by atoms with van der Waals surface area (Å²) in [6, 6.07) is 5.29. The van der Waals surface area contributed by atoms with Crippen LogP contribution in [0.25, 0.3) is 11.6 Å². The van der Waals surface area contributed by atoms with E-state index in [1.54, 1.807) is 24.4 Å². The van der Waals surface area contributed by atoms with E-state index in [1.807, 2.05) is 0 Å². The molecule has 0 saturated heterocycles. The highest BCUT2D eigenvalue weighted by atomic mass is 32.2. The predicted octanol–water partition coefficient (Wildman–Crippen LogP) is 0.0276. The van der Waals surface area contributed by atoms with Gasteiger partial charge in [0.15, 0.2) is 0 Å². The Hall–Kier alpha value is -1.84. The minimum Gasteiger partial charge on any atom is -0.418 e. The van der Waals surface area contributed by atoms with Crippen molar-refractivity contribution in [2.45, 2.75) is 6.54 Å². The molecular weight excluding hydrogens is 270 g/mol. The highest BCUT2D eigenvalue weighted by Gasteiger charge is 2.15. The molecule has 0 bridgehead atoms. The molecular formula is C10H13N5O3S. The van der Waals surface area contributed by atoms with E-state index in [1.165, 1.54) is 14.1 Å². The number of nitrogens with zero attached hydrogens (tertiary/aromatic N) is 4. The fourth-order valence-corrected chi connectivity index (χ4v) is 1.76. The molecule has 2 aromatic rings. The third-order valence-electron chi connectivity index (χ3n) is 2.24. The van der Waals surface area contributed by atoms with Crippen molar-refractivity contribution in [2.24, 2.45) is 0 Å². The van der Waals surface area contributed by atoms with Crippen LogP contribution in [0, 0.1) is 0 Å². The second-order valence-corrected chi connectivity index (χ2v) is 5.79. The Morgan fingerprint density at radius 3 is 2.74 bits per heavy atom. The molecule has 0 aliphatic rings. The Morgan fingerprint density at radius 1 is 1.32 bits per heavy atom. The van der Waals surface area contributed by atoms with Gasteiger partial charge in [-0.1, -0.05) is 6.07 Å². The van der Waals surface area contributed by atoms with Crippen LogP contribution in [0.2, 0.25) is 0 Å². The van der Waals surface area contributed by atoms with Crippen molar-refractivity contribution in [1.82, 2.24) is 24.2 Å². The number of aromatic nitrogens is 3. The van der Waals surface area contributed by atoms with Gasteiger partial charge in [0.05, 0.1) is 6.54 Å². The van der Waals surface area contributed by atoms with E-state index in [0.29, 0.717) is 5.69 Å². The Bertz CT molecular complexity index is 638. The van der Waals surface area contributed by atoms with Gasteiger partial charge < -0.3 is 4.42 Å². The SMILES string of the molecule is CN(C)S(=O)(=O)NCc1nnc(-c2ccccn2)o1. The van der Waals surface area contributed by atoms with Gasteiger partial charge in [0.1, 0.15) is 5.69 Å². The molecule has 2 heterocycles. The molecule has 1 N–H and O–H groups in total. The quantitative estimate of drug-likeness (QED) is 0.830. The Kier molecular flexibility index (Phi) is 3.88. The molecule has 8 nitrogen and oxygen atoms in total. The number of nitrogens with one attached hydrogen (secondary N) is 1. The average molecular weight is 283 g/mol. The summed E-state index contributed by atoms with van der Waals surface area (Å²) < 4.78 is 31.7. The molecule has 0 aliphatic heterocycles. The van der Waals surface area contributed by atoms with Gasteiger partial charge in [0, 0.05) is 20.3 Å². The lowest BCUT2D eigenvalue weighted by Crippen LogP contribution is -2.35. The van der Waals surface area contributed by atoms with E-state index < -0.39 is 10.2 Å². The predicted molar refractivity (Wildman–Crippen MR) is 67.0 cm³/mol. The molecule has 9 heteroatoms. The lowest BCUT2D eigenvalue weighted by atomic mass is 10.3. The monoisotopic (exact) mass is 283 g/mol. The number of pyridine rings is 1. The highest BCUT2D eigenvalue weighted by molar-refractivity contribution is 7.87. The number of rotatable bonds is 5. The van der Waals surface area contributed by atoms with Crippen LogP contribution in [0.3, 0.4) is 0 Å². The van der Waals surface area contributed by atoms with Gasteiger partial charge in [0.2, 0.25) is 5.89 Å². The molecule has 0 atom stereocenters. The van der Waals surface area contributed by atoms with Crippen LogP contribution in [0.5, 0.6) is 0 Å². The van der Waals surface area contributed by atoms with Gasteiger partial charge in [0.25, 0.3) is 16.1 Å². The van der Waals surface area contributed by atoms with Gasteiger partial charge in [-0.15, -0.1) is 10.2 Å². The third-order valence-corrected chi connectivity index (χ3v) is 3.71. The number of hydrogen-bond acceptors (Lipinski definition) is 6. The lowest BCUT2D eigenvalue weighted by molar-refractivity contribution is 0.473. The molecule has 0 fully saturated rings. The van der Waals surface area contributed by atoms with Crippen LogP contribution in [0.4, 0.5) is 0 Å². The van der Waals surface area contributed by atoms with Crippen molar-refractivity contribution in [3.8, 4) is 11.6 Å². The zero-order chi connectivity index (χ0) is 13.9. The summed E-state index contributed by atoms with van der Waals surface area (Å²) >= 11 is 0. The smallest absolute Gasteiger partial charge is 0.279 e. The summed E-state index contributed by atoms with van der Waals surface area (Å²) in [7, 11) is -0.660. The fraction of sp³-hybridized carbons (Fsp3) is 0.300. The van der Waals surface area contributed by atoms with Crippen molar-refractivity contribution in [3.63, 3.8) is 0 Å². The van der Waals surface area contributed by atoms with Gasteiger partial charge in [-0.2, -0.15) is 17.4 Å². The largest absolute Gasteiger partial charge is 0.418 e. The van der Waals surface area contributed by atoms with E-state index in [9.17, 15) is 8.42 Å². The Morgan fingerprint density at radius 2 is 2.11 bits per heavy atom. The van der Waals surface area contributed by atoms with Gasteiger partial charge >= 0.3 is 0 Å². The van der Waals surface area contributed by atoms with Crippen LogP contribution in [0.15, 0.2) is 28.8 Å². The Balaban J connectivity index is 2.07. The summed E-state index contributed by atoms with van der Waals surface area (Å²) in [5.41, 5.74) is 0.539. The van der Waals surface area contributed by atoms with Gasteiger partial charge in [-0.05, 0) is 12.1 Å². The molecule has 0 spiro atoms. The van der Waals surface area contributed by atoms with Gasteiger partial charge in [-0.25, -0.2) is 0 Å². The molecule has 0 amide bonds. The summed E-state index contributed by atoms with van der Waals surface area (Å²) in [5, 5.41) is 7.56. The molecule has 0 unspecified atom stereocenters. The van der Waals surface area contributed by atoms with Crippen molar-refractivity contribution in [2.75, 3.05) is 14.1 Å². The lowest BCUT2D eigenvalue weighted by Gasteiger charge is -2.10. The first-order valence-corrected chi connectivity index (χ1v) is 6.84. The van der Waals surface area contributed by atoms with Crippen LogP contribution >= 0.6 is 0 Å². The first kappa shape index (κ1) is 13.6. The summed E-state index contributed by atoms with van der Waals surface area (Å²) in [6.45, 7) is -0.0691. The molecule has 2 rings (SSSR count). The maximum atomic E-state index is 11.5. The van der Waals surface area contributed by atoms with Gasteiger partial charge in [-0.3, -0.25) is 4.98 Å². The van der Waals surface area contributed by atoms with E-state index in [-0.39, 0.29) is 18.3 Å². The molecule has 0 saturated carbocycles. The van der Waals surface area contributed by atoms with Crippen molar-refractivity contribution in [3.05, 3.63) is 30.3 Å². The van der Waals surface area contributed by atoms with E-state index >= 15 is 0 Å². The molecule has 19 heavy (non-hydrogen) atoms. The normalized spacial score (nSPS) is 11.9. The summed E-state index contributed by atoms with van der Waals surface area (Å²) in [6.07, 6.45) is 1.61. The van der Waals surface area contributed by atoms with E-state index in [0.717, 1.165) is 4.31 Å². The second-order valence-electron chi connectivity index (χ2n) is 3.82. The number of hydrogen-bond donors (Lipinski definition) is 1. The van der Waals surface area contributed by atoms with Crippen LogP contribution in [-0.4, -0.2) is 42.0 Å². The van der Waals surface area contributed by atoms with Crippen molar-refractivity contribution < 1.29 is 12.8 Å². The maximum absolute atomic E-state index is 11.5. The van der Waals surface area contributed by atoms with E-state index in [2.05, 4.69) is 19.9 Å². The van der Waals surface area contributed by atoms with E-state index in [4.69, 9.17) is 4.42 Å². The van der Waals surface area contributed by atoms with Crippen LogP contribution in [0.1, 0.15) is 5.89 Å². The fourth-order valence-electron chi connectivity index (χ4n) is 1.20. The minimum absolute atomic E-state index is 0.0691. The standard InChI is InChI=1S/C10H13N5O3S/c1-15(2)19(16,17)12-7-9-13-14-10(18-9)8-5-3-4-6-11-8/h3-6,12H,7H2,1-2H3. The molecule has 0 aliphatic carbocycles. The minimum atomic E-state index is -3.51.